The van der Waals surface area contributed by atoms with Crippen LogP contribution < -0.4 is 10.6 Å². The third-order valence-electron chi connectivity index (χ3n) is 2.81. The summed E-state index contributed by atoms with van der Waals surface area (Å²) in [7, 11) is 0. The van der Waals surface area contributed by atoms with Crippen molar-refractivity contribution in [1.29, 1.82) is 0 Å². The second-order valence-corrected chi connectivity index (χ2v) is 6.11. The van der Waals surface area contributed by atoms with Crippen LogP contribution in [0, 0.1) is 0 Å². The van der Waals surface area contributed by atoms with Crippen LogP contribution in [-0.4, -0.2) is 39.6 Å². The van der Waals surface area contributed by atoms with Crippen LogP contribution in [0.5, 0.6) is 17.2 Å². The second kappa shape index (κ2) is 7.22. The number of benzene rings is 1. The van der Waals surface area contributed by atoms with Crippen molar-refractivity contribution >= 4 is 6.09 Å². The third-order valence-corrected chi connectivity index (χ3v) is 2.81. The van der Waals surface area contributed by atoms with E-state index in [1.54, 1.807) is 20.8 Å². The van der Waals surface area contributed by atoms with Crippen molar-refractivity contribution in [2.75, 3.05) is 6.54 Å². The molecule has 0 bridgehead atoms. The van der Waals surface area contributed by atoms with Crippen molar-refractivity contribution in [2.24, 2.45) is 0 Å². The lowest BCUT2D eigenvalue weighted by Gasteiger charge is -2.21. The van der Waals surface area contributed by atoms with Gasteiger partial charge >= 0.3 is 6.09 Å². The molecule has 0 aliphatic rings. The van der Waals surface area contributed by atoms with Crippen molar-refractivity contribution < 1.29 is 24.9 Å². The quantitative estimate of drug-likeness (QED) is 0.530. The number of hydrogen-bond acceptors (Lipinski definition) is 6. The highest BCUT2D eigenvalue weighted by molar-refractivity contribution is 5.67. The van der Waals surface area contributed by atoms with Gasteiger partial charge in [0.1, 0.15) is 5.60 Å². The molecule has 7 heteroatoms. The van der Waals surface area contributed by atoms with E-state index in [2.05, 4.69) is 10.6 Å². The molecule has 0 radical (unpaired) electrons. The zero-order valence-electron chi connectivity index (χ0n) is 13.3. The van der Waals surface area contributed by atoms with Gasteiger partial charge in [0.05, 0.1) is 0 Å². The summed E-state index contributed by atoms with van der Waals surface area (Å²) in [5.41, 5.74) is -0.102. The first-order valence-electron chi connectivity index (χ1n) is 7.03. The Hall–Kier alpha value is -2.15. The summed E-state index contributed by atoms with van der Waals surface area (Å²) in [6.07, 6.45) is -0.494. The number of carbonyl (C=O) groups is 1. The molecule has 0 aliphatic heterocycles. The van der Waals surface area contributed by atoms with Crippen LogP contribution in [-0.2, 0) is 11.3 Å². The van der Waals surface area contributed by atoms with E-state index in [-0.39, 0.29) is 24.1 Å². The molecule has 0 saturated carbocycles. The average molecular weight is 312 g/mol. The van der Waals surface area contributed by atoms with Gasteiger partial charge in [-0.3, -0.25) is 0 Å². The number of phenolic OH excluding ortho intramolecular Hbond substituents is 3. The van der Waals surface area contributed by atoms with E-state index < -0.39 is 17.4 Å². The summed E-state index contributed by atoms with van der Waals surface area (Å²) in [4.78, 5) is 11.5. The van der Waals surface area contributed by atoms with Gasteiger partial charge in [-0.2, -0.15) is 0 Å². The van der Waals surface area contributed by atoms with Crippen LogP contribution in [0.1, 0.15) is 33.3 Å². The zero-order valence-corrected chi connectivity index (χ0v) is 13.3. The molecule has 7 nitrogen and oxygen atoms in total. The predicted octanol–water partition coefficient (Wildman–Crippen LogP) is 1.81. The van der Waals surface area contributed by atoms with E-state index in [0.29, 0.717) is 12.1 Å². The first-order chi connectivity index (χ1) is 10.1. The molecule has 0 heterocycles. The van der Waals surface area contributed by atoms with Gasteiger partial charge in [0.2, 0.25) is 5.75 Å². The minimum Gasteiger partial charge on any atom is -0.504 e. The van der Waals surface area contributed by atoms with Gasteiger partial charge in [0.15, 0.2) is 11.5 Å². The fourth-order valence-electron chi connectivity index (χ4n) is 1.66. The minimum atomic E-state index is -0.546. The summed E-state index contributed by atoms with van der Waals surface area (Å²) in [6.45, 7) is 7.84. The van der Waals surface area contributed by atoms with E-state index in [9.17, 15) is 20.1 Å². The van der Waals surface area contributed by atoms with E-state index in [4.69, 9.17) is 4.74 Å². The van der Waals surface area contributed by atoms with Crippen LogP contribution in [0.4, 0.5) is 4.79 Å². The number of hydrogen-bond donors (Lipinski definition) is 5. The number of carbonyl (C=O) groups excluding carboxylic acids is 1. The molecule has 1 rings (SSSR count). The summed E-state index contributed by atoms with van der Waals surface area (Å²) in [5.74, 6) is -1.28. The lowest BCUT2D eigenvalue weighted by molar-refractivity contribution is 0.0523. The second-order valence-electron chi connectivity index (χ2n) is 6.11. The fraction of sp³-hybridized carbons (Fsp3) is 0.533. The molecular weight excluding hydrogens is 288 g/mol. The molecule has 1 amide bonds. The third kappa shape index (κ3) is 5.69. The first kappa shape index (κ1) is 17.9. The maximum Gasteiger partial charge on any atom is 0.407 e. The van der Waals surface area contributed by atoms with E-state index in [0.717, 1.165) is 0 Å². The van der Waals surface area contributed by atoms with Crippen LogP contribution in [0.15, 0.2) is 12.1 Å². The average Bonchev–Trinajstić information content (AvgIpc) is 2.40. The summed E-state index contributed by atoms with van der Waals surface area (Å²) in [5, 5.41) is 34.1. The molecule has 22 heavy (non-hydrogen) atoms. The number of nitrogens with one attached hydrogen (secondary N) is 2. The Morgan fingerprint density at radius 1 is 1.23 bits per heavy atom. The number of amides is 1. The number of rotatable bonds is 5. The van der Waals surface area contributed by atoms with Gasteiger partial charge in [-0.25, -0.2) is 4.79 Å². The molecule has 0 aromatic heterocycles. The van der Waals surface area contributed by atoms with Crippen molar-refractivity contribution in [3.63, 3.8) is 0 Å². The predicted molar refractivity (Wildman–Crippen MR) is 82.0 cm³/mol. The molecule has 1 atom stereocenters. The van der Waals surface area contributed by atoms with Crippen LogP contribution >= 0.6 is 0 Å². The summed E-state index contributed by atoms with van der Waals surface area (Å²) >= 11 is 0. The zero-order chi connectivity index (χ0) is 16.9. The molecule has 0 aliphatic carbocycles. The summed E-state index contributed by atoms with van der Waals surface area (Å²) < 4.78 is 5.12. The molecule has 1 aromatic rings. The highest BCUT2D eigenvalue weighted by Gasteiger charge is 2.16. The van der Waals surface area contributed by atoms with E-state index >= 15 is 0 Å². The molecule has 124 valence electrons. The molecule has 1 aromatic carbocycles. The molecule has 5 N–H and O–H groups in total. The maximum absolute atomic E-state index is 11.5. The fourth-order valence-corrected chi connectivity index (χ4v) is 1.66. The minimum absolute atomic E-state index is 0.0807. The summed E-state index contributed by atoms with van der Waals surface area (Å²) in [6, 6.07) is 2.73. The normalized spacial score (nSPS) is 12.7. The Kier molecular flexibility index (Phi) is 5.87. The van der Waals surface area contributed by atoms with Crippen molar-refractivity contribution in [1.82, 2.24) is 10.6 Å². The van der Waals surface area contributed by atoms with Crippen molar-refractivity contribution in [3.8, 4) is 17.2 Å². The lowest BCUT2D eigenvalue weighted by atomic mass is 10.1. The SMILES string of the molecule is CC(CNC(=O)OC(C)(C)C)NCc1ccc(O)c(O)c1O. The van der Waals surface area contributed by atoms with Crippen molar-refractivity contribution in [2.45, 2.75) is 45.9 Å². The Morgan fingerprint density at radius 2 is 1.86 bits per heavy atom. The first-order valence-corrected chi connectivity index (χ1v) is 7.03. The molecule has 1 unspecified atom stereocenters. The Bertz CT molecular complexity index is 525. The lowest BCUT2D eigenvalue weighted by Crippen LogP contribution is -2.41. The van der Waals surface area contributed by atoms with Crippen molar-refractivity contribution in [3.05, 3.63) is 17.7 Å². The Labute approximate surface area is 129 Å². The molecular formula is C15H24N2O5. The molecule has 0 fully saturated rings. The van der Waals surface area contributed by atoms with Gasteiger partial charge in [-0.1, -0.05) is 6.07 Å². The Morgan fingerprint density at radius 3 is 2.45 bits per heavy atom. The van der Waals surface area contributed by atoms with Crippen LogP contribution in [0.2, 0.25) is 0 Å². The Balaban J connectivity index is 2.42. The number of ether oxygens (including phenoxy) is 1. The number of alkyl carbamates (subject to hydrolysis) is 1. The smallest absolute Gasteiger partial charge is 0.407 e. The van der Waals surface area contributed by atoms with E-state index in [1.165, 1.54) is 12.1 Å². The van der Waals surface area contributed by atoms with Gasteiger partial charge in [-0.05, 0) is 33.8 Å². The largest absolute Gasteiger partial charge is 0.504 e. The van der Waals surface area contributed by atoms with Gasteiger partial charge < -0.3 is 30.7 Å². The standard InChI is InChI=1S/C15H24N2O5/c1-9(7-17-14(21)22-15(2,3)4)16-8-10-5-6-11(18)13(20)12(10)19/h5-6,9,16,18-20H,7-8H2,1-4H3,(H,17,21). The van der Waals surface area contributed by atoms with Crippen LogP contribution in [0.3, 0.4) is 0 Å². The molecule has 0 spiro atoms. The number of phenols is 3. The maximum atomic E-state index is 11.5. The highest BCUT2D eigenvalue weighted by atomic mass is 16.6. The van der Waals surface area contributed by atoms with Gasteiger partial charge in [0, 0.05) is 24.7 Å². The number of aromatic hydroxyl groups is 3. The van der Waals surface area contributed by atoms with Crippen LogP contribution in [0.25, 0.3) is 0 Å². The monoisotopic (exact) mass is 312 g/mol. The highest BCUT2D eigenvalue weighted by Crippen LogP contribution is 2.36. The topological polar surface area (TPSA) is 111 Å². The molecule has 0 saturated heterocycles. The van der Waals surface area contributed by atoms with Gasteiger partial charge in [-0.15, -0.1) is 0 Å². The van der Waals surface area contributed by atoms with Gasteiger partial charge in [0.25, 0.3) is 0 Å². The van der Waals surface area contributed by atoms with E-state index in [1.807, 2.05) is 6.92 Å².